The zero-order valence-electron chi connectivity index (χ0n) is 15.6. The fourth-order valence-electron chi connectivity index (χ4n) is 2.83. The molecule has 1 heterocycles. The molecule has 25 heavy (non-hydrogen) atoms. The molecule has 0 atom stereocenters. The lowest BCUT2D eigenvalue weighted by molar-refractivity contribution is 0.0466. The van der Waals surface area contributed by atoms with Crippen LogP contribution in [0.4, 0.5) is 10.5 Å². The standard InChI is InChI=1S/C18H29N3O4/c1-20(2)7-8-21(15-5-9-25-10-6-15)18(22)19-14-11-16(23-3)13-17(12-14)24-4/h11-13,15H,5-10H2,1-4H3,(H,19,22). The van der Waals surface area contributed by atoms with Crippen LogP contribution in [0.3, 0.4) is 0 Å². The Morgan fingerprint density at radius 3 is 2.24 bits per heavy atom. The lowest BCUT2D eigenvalue weighted by Crippen LogP contribution is -2.48. The quantitative estimate of drug-likeness (QED) is 0.816. The van der Waals surface area contributed by atoms with Gasteiger partial charge in [-0.15, -0.1) is 0 Å². The SMILES string of the molecule is COc1cc(NC(=O)N(CCN(C)C)C2CCOCC2)cc(OC)c1. The Labute approximate surface area is 149 Å². The van der Waals surface area contributed by atoms with Gasteiger partial charge in [-0.05, 0) is 26.9 Å². The minimum Gasteiger partial charge on any atom is -0.497 e. The molecule has 0 aromatic heterocycles. The van der Waals surface area contributed by atoms with Crippen molar-refractivity contribution in [1.82, 2.24) is 9.80 Å². The summed E-state index contributed by atoms with van der Waals surface area (Å²) in [5.41, 5.74) is 0.656. The van der Waals surface area contributed by atoms with Gasteiger partial charge < -0.3 is 29.3 Å². The first-order chi connectivity index (χ1) is 12.0. The van der Waals surface area contributed by atoms with Crippen molar-refractivity contribution >= 4 is 11.7 Å². The maximum Gasteiger partial charge on any atom is 0.322 e. The topological polar surface area (TPSA) is 63.3 Å². The van der Waals surface area contributed by atoms with Gasteiger partial charge in [-0.3, -0.25) is 0 Å². The maximum absolute atomic E-state index is 12.9. The Morgan fingerprint density at radius 1 is 1.12 bits per heavy atom. The fourth-order valence-corrected chi connectivity index (χ4v) is 2.83. The van der Waals surface area contributed by atoms with E-state index in [2.05, 4.69) is 10.2 Å². The molecule has 2 rings (SSSR count). The van der Waals surface area contributed by atoms with Crippen LogP contribution in [0.25, 0.3) is 0 Å². The van der Waals surface area contributed by atoms with Crippen LogP contribution in [0.1, 0.15) is 12.8 Å². The van der Waals surface area contributed by atoms with E-state index in [1.54, 1.807) is 32.4 Å². The number of carbonyl (C=O) groups excluding carboxylic acids is 1. The van der Waals surface area contributed by atoms with Crippen LogP contribution in [0.2, 0.25) is 0 Å². The Morgan fingerprint density at radius 2 is 1.72 bits per heavy atom. The highest BCUT2D eigenvalue weighted by molar-refractivity contribution is 5.90. The van der Waals surface area contributed by atoms with Crippen molar-refractivity contribution in [3.05, 3.63) is 18.2 Å². The van der Waals surface area contributed by atoms with E-state index in [1.807, 2.05) is 19.0 Å². The number of likely N-dealkylation sites (N-methyl/N-ethyl adjacent to an activating group) is 1. The molecule has 1 aliphatic rings. The largest absolute Gasteiger partial charge is 0.497 e. The lowest BCUT2D eigenvalue weighted by Gasteiger charge is -2.35. The van der Waals surface area contributed by atoms with Crippen molar-refractivity contribution in [2.75, 3.05) is 59.9 Å². The summed E-state index contributed by atoms with van der Waals surface area (Å²) in [5.74, 6) is 1.28. The van der Waals surface area contributed by atoms with Gasteiger partial charge in [-0.25, -0.2) is 4.79 Å². The van der Waals surface area contributed by atoms with Crippen molar-refractivity contribution in [2.24, 2.45) is 0 Å². The van der Waals surface area contributed by atoms with Gasteiger partial charge in [-0.2, -0.15) is 0 Å². The highest BCUT2D eigenvalue weighted by Crippen LogP contribution is 2.26. The molecule has 140 valence electrons. The number of hydrogen-bond acceptors (Lipinski definition) is 5. The molecule has 0 spiro atoms. The van der Waals surface area contributed by atoms with E-state index in [0.717, 1.165) is 19.4 Å². The van der Waals surface area contributed by atoms with E-state index in [0.29, 0.717) is 36.9 Å². The number of amides is 2. The van der Waals surface area contributed by atoms with E-state index in [4.69, 9.17) is 14.2 Å². The summed E-state index contributed by atoms with van der Waals surface area (Å²) in [6, 6.07) is 5.44. The maximum atomic E-state index is 12.9. The van der Waals surface area contributed by atoms with E-state index >= 15 is 0 Å². The predicted molar refractivity (Wildman–Crippen MR) is 97.7 cm³/mol. The molecule has 1 N–H and O–H groups in total. The number of rotatable bonds is 7. The van der Waals surface area contributed by atoms with Crippen LogP contribution in [0, 0.1) is 0 Å². The fraction of sp³-hybridized carbons (Fsp3) is 0.611. The second-order valence-corrected chi connectivity index (χ2v) is 6.37. The van der Waals surface area contributed by atoms with Crippen molar-refractivity contribution in [3.63, 3.8) is 0 Å². The minimum atomic E-state index is -0.107. The summed E-state index contributed by atoms with van der Waals surface area (Å²) in [6.07, 6.45) is 1.73. The van der Waals surface area contributed by atoms with Crippen molar-refractivity contribution in [1.29, 1.82) is 0 Å². The van der Waals surface area contributed by atoms with Crippen LogP contribution in [-0.4, -0.2) is 76.5 Å². The normalized spacial score (nSPS) is 15.1. The number of ether oxygens (including phenoxy) is 3. The summed E-state index contributed by atoms with van der Waals surface area (Å²) in [6.45, 7) is 2.88. The van der Waals surface area contributed by atoms with Gasteiger partial charge in [0.15, 0.2) is 0 Å². The Bertz CT molecular complexity index is 537. The zero-order valence-corrected chi connectivity index (χ0v) is 15.6. The zero-order chi connectivity index (χ0) is 18.2. The molecule has 1 saturated heterocycles. The first-order valence-electron chi connectivity index (χ1n) is 8.56. The molecule has 0 unspecified atom stereocenters. The number of nitrogens with zero attached hydrogens (tertiary/aromatic N) is 2. The van der Waals surface area contributed by atoms with Gasteiger partial charge in [0.25, 0.3) is 0 Å². The molecule has 0 bridgehead atoms. The van der Waals surface area contributed by atoms with Crippen molar-refractivity contribution in [3.8, 4) is 11.5 Å². The average Bonchev–Trinajstić information content (AvgIpc) is 2.62. The van der Waals surface area contributed by atoms with Gasteiger partial charge in [0, 0.05) is 56.2 Å². The highest BCUT2D eigenvalue weighted by atomic mass is 16.5. The molecule has 0 radical (unpaired) electrons. The number of carbonyl (C=O) groups is 1. The van der Waals surface area contributed by atoms with Gasteiger partial charge >= 0.3 is 6.03 Å². The first-order valence-corrected chi connectivity index (χ1v) is 8.56. The highest BCUT2D eigenvalue weighted by Gasteiger charge is 2.26. The van der Waals surface area contributed by atoms with Gasteiger partial charge in [-0.1, -0.05) is 0 Å². The molecular weight excluding hydrogens is 322 g/mol. The number of methoxy groups -OCH3 is 2. The van der Waals surface area contributed by atoms with Gasteiger partial charge in [0.2, 0.25) is 0 Å². The third kappa shape index (κ3) is 5.79. The molecule has 0 aliphatic carbocycles. The van der Waals surface area contributed by atoms with Crippen LogP contribution in [0.5, 0.6) is 11.5 Å². The average molecular weight is 351 g/mol. The molecule has 2 amide bonds. The van der Waals surface area contributed by atoms with Crippen LogP contribution >= 0.6 is 0 Å². The second kappa shape index (κ2) is 9.48. The third-order valence-corrected chi connectivity index (χ3v) is 4.28. The predicted octanol–water partition coefficient (Wildman–Crippen LogP) is 2.28. The molecule has 1 aromatic carbocycles. The van der Waals surface area contributed by atoms with E-state index in [1.165, 1.54) is 0 Å². The monoisotopic (exact) mass is 351 g/mol. The van der Waals surface area contributed by atoms with Gasteiger partial charge in [0.1, 0.15) is 11.5 Å². The van der Waals surface area contributed by atoms with Crippen molar-refractivity contribution in [2.45, 2.75) is 18.9 Å². The molecule has 1 fully saturated rings. The molecule has 0 saturated carbocycles. The van der Waals surface area contributed by atoms with Gasteiger partial charge in [0.05, 0.1) is 14.2 Å². The van der Waals surface area contributed by atoms with Crippen molar-refractivity contribution < 1.29 is 19.0 Å². The number of nitrogens with one attached hydrogen (secondary N) is 1. The Hall–Kier alpha value is -1.99. The summed E-state index contributed by atoms with van der Waals surface area (Å²) in [4.78, 5) is 16.9. The molecular formula is C18H29N3O4. The third-order valence-electron chi connectivity index (χ3n) is 4.28. The molecule has 1 aliphatic heterocycles. The van der Waals surface area contributed by atoms with Crippen LogP contribution < -0.4 is 14.8 Å². The smallest absolute Gasteiger partial charge is 0.322 e. The molecule has 7 nitrogen and oxygen atoms in total. The number of hydrogen-bond donors (Lipinski definition) is 1. The lowest BCUT2D eigenvalue weighted by atomic mass is 10.1. The summed E-state index contributed by atoms with van der Waals surface area (Å²) in [7, 11) is 7.19. The van der Waals surface area contributed by atoms with E-state index in [-0.39, 0.29) is 12.1 Å². The summed E-state index contributed by atoms with van der Waals surface area (Å²) in [5, 5.41) is 2.98. The molecule has 7 heteroatoms. The van der Waals surface area contributed by atoms with E-state index < -0.39 is 0 Å². The Balaban J connectivity index is 2.12. The van der Waals surface area contributed by atoms with E-state index in [9.17, 15) is 4.79 Å². The second-order valence-electron chi connectivity index (χ2n) is 6.37. The molecule has 1 aromatic rings. The summed E-state index contributed by atoms with van der Waals surface area (Å²) < 4.78 is 16.0. The number of anilines is 1. The number of benzene rings is 1. The van der Waals surface area contributed by atoms with Crippen LogP contribution in [-0.2, 0) is 4.74 Å². The number of urea groups is 1. The Kier molecular flexibility index (Phi) is 7.33. The van der Waals surface area contributed by atoms with Crippen LogP contribution in [0.15, 0.2) is 18.2 Å². The first kappa shape index (κ1) is 19.3. The minimum absolute atomic E-state index is 0.107. The summed E-state index contributed by atoms with van der Waals surface area (Å²) >= 11 is 0.